The predicted octanol–water partition coefficient (Wildman–Crippen LogP) is 1.55. The van der Waals surface area contributed by atoms with Crippen LogP contribution in [0.3, 0.4) is 0 Å². The topological polar surface area (TPSA) is 64.3 Å². The number of imidazole rings is 1. The molecule has 1 rings (SSSR count). The van der Waals surface area contributed by atoms with Gasteiger partial charge >= 0.3 is 57.4 Å². The number of ether oxygens (including phenoxy) is 1. The van der Waals surface area contributed by atoms with E-state index in [-0.39, 0.29) is 63.9 Å². The van der Waals surface area contributed by atoms with Crippen molar-refractivity contribution in [2.24, 2.45) is 0 Å². The number of hydrogen-bond acceptors (Lipinski definition) is 3. The van der Waals surface area contributed by atoms with Gasteiger partial charge in [0.05, 0.1) is 0 Å². The van der Waals surface area contributed by atoms with Gasteiger partial charge in [0.25, 0.3) is 0 Å². The molecule has 0 atom stereocenters. The van der Waals surface area contributed by atoms with Crippen molar-refractivity contribution in [2.75, 3.05) is 6.61 Å². The van der Waals surface area contributed by atoms with Crippen molar-refractivity contribution in [1.82, 2.24) is 9.55 Å². The standard InChI is InChI=1S/C11H20N2O3Si.K.H/c1-9-7-12-10(11(14)15)13(9)8-16-5-6-17(2,3)4;;/h7H,5-6,8H2,1-4H3,(H,14,15);;. The van der Waals surface area contributed by atoms with Crippen molar-refractivity contribution in [3.05, 3.63) is 17.7 Å². The number of carboxylic acids is 1. The molecule has 1 N–H and O–H groups in total. The quantitative estimate of drug-likeness (QED) is 0.639. The van der Waals surface area contributed by atoms with Crippen molar-refractivity contribution in [2.45, 2.75) is 39.3 Å². The fourth-order valence-corrected chi connectivity index (χ4v) is 2.09. The maximum atomic E-state index is 10.9. The Hall–Kier alpha value is 0.493. The summed E-state index contributed by atoms with van der Waals surface area (Å²) < 4.78 is 7.10. The van der Waals surface area contributed by atoms with Crippen molar-refractivity contribution < 1.29 is 14.6 Å². The molecule has 0 fully saturated rings. The molecule has 0 unspecified atom stereocenters. The monoisotopic (exact) mass is 296 g/mol. The second kappa shape index (κ2) is 7.93. The average molecular weight is 296 g/mol. The molecule has 0 saturated carbocycles. The van der Waals surface area contributed by atoms with Crippen molar-refractivity contribution in [3.63, 3.8) is 0 Å². The first-order valence-corrected chi connectivity index (χ1v) is 9.35. The normalized spacial score (nSPS) is 11.1. The molecule has 1 aromatic rings. The number of aromatic carboxylic acids is 1. The molecule has 7 heteroatoms. The predicted molar refractivity (Wildman–Crippen MR) is 75.2 cm³/mol. The minimum absolute atomic E-state index is 0. The molecule has 98 valence electrons. The maximum absolute atomic E-state index is 10.9. The van der Waals surface area contributed by atoms with Gasteiger partial charge in [-0.25, -0.2) is 9.78 Å². The molecule has 1 aromatic heterocycles. The number of hydrogen-bond donors (Lipinski definition) is 1. The molecule has 0 saturated heterocycles. The van der Waals surface area contributed by atoms with Crippen LogP contribution in [0.2, 0.25) is 25.7 Å². The first-order valence-electron chi connectivity index (χ1n) is 5.64. The Labute approximate surface area is 151 Å². The number of aryl methyl sites for hydroxylation is 1. The van der Waals surface area contributed by atoms with Gasteiger partial charge in [-0.2, -0.15) is 0 Å². The van der Waals surface area contributed by atoms with Gasteiger partial charge in [-0.3, -0.25) is 4.57 Å². The summed E-state index contributed by atoms with van der Waals surface area (Å²) in [6.07, 6.45) is 1.55. The van der Waals surface area contributed by atoms with E-state index in [1.54, 1.807) is 10.8 Å². The van der Waals surface area contributed by atoms with Crippen molar-refractivity contribution in [3.8, 4) is 0 Å². The van der Waals surface area contributed by atoms with E-state index in [1.807, 2.05) is 6.92 Å². The molecule has 0 spiro atoms. The van der Waals surface area contributed by atoms with Gasteiger partial charge in [0.15, 0.2) is 0 Å². The summed E-state index contributed by atoms with van der Waals surface area (Å²) in [5.74, 6) is -0.984. The van der Waals surface area contributed by atoms with E-state index in [4.69, 9.17) is 9.84 Å². The van der Waals surface area contributed by atoms with E-state index in [0.29, 0.717) is 6.61 Å². The fraction of sp³-hybridized carbons (Fsp3) is 0.636. The Morgan fingerprint density at radius 1 is 1.50 bits per heavy atom. The Morgan fingerprint density at radius 2 is 2.11 bits per heavy atom. The Bertz CT molecular complexity index is 401. The van der Waals surface area contributed by atoms with Crippen LogP contribution in [-0.4, -0.2) is 86.7 Å². The summed E-state index contributed by atoms with van der Waals surface area (Å²) in [4.78, 5) is 14.7. The van der Waals surface area contributed by atoms with E-state index in [2.05, 4.69) is 24.6 Å². The van der Waals surface area contributed by atoms with E-state index in [0.717, 1.165) is 11.7 Å². The Kier molecular flexibility index (Phi) is 8.15. The van der Waals surface area contributed by atoms with Gasteiger partial charge in [-0.05, 0) is 13.0 Å². The third-order valence-electron chi connectivity index (χ3n) is 2.46. The molecule has 0 aromatic carbocycles. The van der Waals surface area contributed by atoms with Crippen LogP contribution in [0.4, 0.5) is 0 Å². The van der Waals surface area contributed by atoms with Gasteiger partial charge in [0.1, 0.15) is 6.73 Å². The molecule has 0 bridgehead atoms. The second-order valence-corrected chi connectivity index (χ2v) is 10.9. The number of carbonyl (C=O) groups is 1. The van der Waals surface area contributed by atoms with E-state index in [9.17, 15) is 4.79 Å². The van der Waals surface area contributed by atoms with E-state index in [1.165, 1.54) is 0 Å². The third kappa shape index (κ3) is 6.09. The van der Waals surface area contributed by atoms with E-state index >= 15 is 0 Å². The molecule has 5 nitrogen and oxygen atoms in total. The van der Waals surface area contributed by atoms with Crippen LogP contribution in [0, 0.1) is 6.92 Å². The van der Waals surface area contributed by atoms with Gasteiger partial charge < -0.3 is 9.84 Å². The Morgan fingerprint density at radius 3 is 2.61 bits per heavy atom. The molecular weight excluding hydrogens is 275 g/mol. The molecule has 0 amide bonds. The van der Waals surface area contributed by atoms with Gasteiger partial charge in [0.2, 0.25) is 5.82 Å². The fourth-order valence-electron chi connectivity index (χ4n) is 1.33. The van der Waals surface area contributed by atoms with Crippen LogP contribution < -0.4 is 0 Å². The van der Waals surface area contributed by atoms with Crippen LogP contribution >= 0.6 is 0 Å². The third-order valence-corrected chi connectivity index (χ3v) is 4.17. The van der Waals surface area contributed by atoms with Gasteiger partial charge in [-0.15, -0.1) is 0 Å². The van der Waals surface area contributed by atoms with Crippen LogP contribution in [0.5, 0.6) is 0 Å². The van der Waals surface area contributed by atoms with Crippen LogP contribution in [-0.2, 0) is 11.5 Å². The van der Waals surface area contributed by atoms with E-state index < -0.39 is 14.0 Å². The summed E-state index contributed by atoms with van der Waals surface area (Å²) in [6, 6.07) is 1.07. The average Bonchev–Trinajstić information content (AvgIpc) is 2.53. The van der Waals surface area contributed by atoms with Crippen molar-refractivity contribution >= 4 is 65.4 Å². The first kappa shape index (κ1) is 18.5. The number of carboxylic acid groups (broad SMARTS) is 1. The summed E-state index contributed by atoms with van der Waals surface area (Å²) in [7, 11) is -1.09. The SMILES string of the molecule is Cc1cnc(C(=O)O)n1COCC[Si](C)(C)C.[KH]. The molecule has 0 aliphatic carbocycles. The summed E-state index contributed by atoms with van der Waals surface area (Å²) in [5, 5.41) is 8.93. The summed E-state index contributed by atoms with van der Waals surface area (Å²) >= 11 is 0. The van der Waals surface area contributed by atoms with Crippen molar-refractivity contribution in [1.29, 1.82) is 0 Å². The van der Waals surface area contributed by atoms with Gasteiger partial charge in [-0.1, -0.05) is 19.6 Å². The summed E-state index contributed by atoms with van der Waals surface area (Å²) in [5.41, 5.74) is 0.801. The molecule has 18 heavy (non-hydrogen) atoms. The molecule has 0 radical (unpaired) electrons. The molecular formula is C11H21KN2O3Si. The summed E-state index contributed by atoms with van der Waals surface area (Å²) in [6.45, 7) is 9.59. The minimum atomic E-state index is -1.09. The van der Waals surface area contributed by atoms with Crippen LogP contribution in [0.15, 0.2) is 6.20 Å². The molecule has 1 heterocycles. The van der Waals surface area contributed by atoms with Crippen LogP contribution in [0.25, 0.3) is 0 Å². The number of rotatable bonds is 6. The number of nitrogens with zero attached hydrogens (tertiary/aromatic N) is 2. The van der Waals surface area contributed by atoms with Gasteiger partial charge in [0, 0.05) is 26.6 Å². The zero-order valence-electron chi connectivity index (χ0n) is 10.9. The first-order chi connectivity index (χ1) is 7.81. The zero-order valence-corrected chi connectivity index (χ0v) is 11.9. The van der Waals surface area contributed by atoms with Crippen LogP contribution in [0.1, 0.15) is 16.3 Å². The second-order valence-electron chi connectivity index (χ2n) is 5.30. The molecule has 0 aliphatic rings. The zero-order chi connectivity index (χ0) is 13.1. The number of aromatic nitrogens is 2. The molecule has 0 aliphatic heterocycles. The Balaban J connectivity index is 0.00000289.